The van der Waals surface area contributed by atoms with Gasteiger partial charge in [-0.15, -0.1) is 0 Å². The molecule has 0 bridgehead atoms. The molecule has 1 aromatic carbocycles. The van der Waals surface area contributed by atoms with E-state index in [9.17, 15) is 9.46 Å². The highest BCUT2D eigenvalue weighted by Crippen LogP contribution is 2.43. The summed E-state index contributed by atoms with van der Waals surface area (Å²) in [5.41, 5.74) is 0. The summed E-state index contributed by atoms with van der Waals surface area (Å²) in [7, 11) is 1.92. The maximum absolute atomic E-state index is 11.6. The van der Waals surface area contributed by atoms with E-state index >= 15 is 0 Å². The second-order valence-corrected chi connectivity index (χ2v) is 6.10. The maximum Gasteiger partial charge on any atom is 0.527 e. The Hall–Kier alpha value is -1.45. The normalized spacial score (nSPS) is 13.8. The van der Waals surface area contributed by atoms with Gasteiger partial charge in [0.05, 0.1) is 21.1 Å². The second-order valence-electron chi connectivity index (χ2n) is 4.72. The molecule has 8 heteroatoms. The standard InChI is InChI=1S/C11H18NO4P.N2/c1-12(2,3)9-10-15-17(13,14)16-11-7-5-4-6-8-11;1-2/h4-8H,9-10H2,1-3H3;/p+1. The summed E-state index contributed by atoms with van der Waals surface area (Å²) in [4.78, 5) is 9.47. The van der Waals surface area contributed by atoms with Gasteiger partial charge < -0.3 is 9.01 Å². The molecule has 1 N–H and O–H groups in total. The van der Waals surface area contributed by atoms with Crippen LogP contribution in [0, 0.1) is 10.8 Å². The van der Waals surface area contributed by atoms with Crippen molar-refractivity contribution in [2.24, 2.45) is 0 Å². The van der Waals surface area contributed by atoms with Gasteiger partial charge in [-0.1, -0.05) is 18.2 Å². The monoisotopic (exact) mass is 288 g/mol. The van der Waals surface area contributed by atoms with Gasteiger partial charge in [0.15, 0.2) is 0 Å². The van der Waals surface area contributed by atoms with Crippen LogP contribution in [0.3, 0.4) is 0 Å². The Morgan fingerprint density at radius 1 is 1.21 bits per heavy atom. The summed E-state index contributed by atoms with van der Waals surface area (Å²) < 4.78 is 22.0. The highest BCUT2D eigenvalue weighted by Gasteiger charge is 2.23. The summed E-state index contributed by atoms with van der Waals surface area (Å²) in [6.07, 6.45) is 0. The number of quaternary nitrogens is 1. The molecular formula is C11H19N3O4P+. The molecule has 0 amide bonds. The third-order valence-corrected chi connectivity index (χ3v) is 2.93. The number of para-hydroxylation sites is 1. The summed E-state index contributed by atoms with van der Waals surface area (Å²) in [5, 5.41) is 12.0. The second kappa shape index (κ2) is 7.87. The van der Waals surface area contributed by atoms with Gasteiger partial charge in [0.25, 0.3) is 0 Å². The first kappa shape index (κ1) is 17.6. The number of hydrogen-bond donors (Lipinski definition) is 1. The molecular weight excluding hydrogens is 269 g/mol. The molecule has 0 saturated heterocycles. The van der Waals surface area contributed by atoms with Crippen molar-refractivity contribution in [3.8, 4) is 5.75 Å². The van der Waals surface area contributed by atoms with Crippen LogP contribution in [0.2, 0.25) is 0 Å². The zero-order valence-electron chi connectivity index (χ0n) is 11.3. The van der Waals surface area contributed by atoms with Crippen LogP contribution in [0.1, 0.15) is 0 Å². The third kappa shape index (κ3) is 9.17. The smallest absolute Gasteiger partial charge is 0.404 e. The third-order valence-electron chi connectivity index (χ3n) is 1.98. The number of likely N-dealkylation sites (N-methyl/N-ethyl adjacent to an activating group) is 1. The predicted octanol–water partition coefficient (Wildman–Crippen LogP) is 1.92. The van der Waals surface area contributed by atoms with Crippen molar-refractivity contribution in [3.05, 3.63) is 30.3 Å². The van der Waals surface area contributed by atoms with Gasteiger partial charge >= 0.3 is 7.82 Å². The van der Waals surface area contributed by atoms with E-state index in [0.29, 0.717) is 16.8 Å². The van der Waals surface area contributed by atoms with Gasteiger partial charge in [0.1, 0.15) is 18.9 Å². The molecule has 0 heterocycles. The molecule has 1 rings (SSSR count). The first-order valence-corrected chi connectivity index (χ1v) is 7.00. The zero-order chi connectivity index (χ0) is 14.9. The minimum absolute atomic E-state index is 0.171. The molecule has 0 radical (unpaired) electrons. The van der Waals surface area contributed by atoms with Crippen molar-refractivity contribution in [1.29, 1.82) is 10.8 Å². The van der Waals surface area contributed by atoms with Crippen molar-refractivity contribution < 1.29 is 23.0 Å². The average molecular weight is 288 g/mol. The van der Waals surface area contributed by atoms with Crippen LogP contribution in [-0.4, -0.2) is 43.7 Å². The van der Waals surface area contributed by atoms with Gasteiger partial charge in [0, 0.05) is 10.8 Å². The average Bonchev–Trinajstić information content (AvgIpc) is 2.30. The molecule has 7 nitrogen and oxygen atoms in total. The van der Waals surface area contributed by atoms with E-state index in [1.165, 1.54) is 0 Å². The van der Waals surface area contributed by atoms with Gasteiger partial charge in [-0.2, -0.15) is 0 Å². The van der Waals surface area contributed by atoms with Crippen LogP contribution in [0.25, 0.3) is 0 Å². The lowest BCUT2D eigenvalue weighted by Crippen LogP contribution is -2.37. The Bertz CT molecular complexity index is 431. The first-order valence-electron chi connectivity index (χ1n) is 5.51. The van der Waals surface area contributed by atoms with E-state index in [4.69, 9.17) is 19.8 Å². The van der Waals surface area contributed by atoms with E-state index in [-0.39, 0.29) is 6.61 Å². The molecule has 19 heavy (non-hydrogen) atoms. The zero-order valence-corrected chi connectivity index (χ0v) is 12.2. The minimum atomic E-state index is -4.01. The van der Waals surface area contributed by atoms with Crippen molar-refractivity contribution in [1.82, 2.24) is 0 Å². The molecule has 0 saturated carbocycles. The van der Waals surface area contributed by atoms with Crippen molar-refractivity contribution >= 4 is 7.82 Å². The molecule has 1 aromatic rings. The first-order chi connectivity index (χ1) is 8.79. The van der Waals surface area contributed by atoms with Crippen LogP contribution in [0.5, 0.6) is 5.75 Å². The highest BCUT2D eigenvalue weighted by atomic mass is 31.2. The van der Waals surface area contributed by atoms with Crippen molar-refractivity contribution in [2.45, 2.75) is 0 Å². The lowest BCUT2D eigenvalue weighted by molar-refractivity contribution is -0.870. The van der Waals surface area contributed by atoms with Crippen LogP contribution in [-0.2, 0) is 9.09 Å². The van der Waals surface area contributed by atoms with E-state index in [2.05, 4.69) is 0 Å². The van der Waals surface area contributed by atoms with Crippen LogP contribution < -0.4 is 4.52 Å². The van der Waals surface area contributed by atoms with Gasteiger partial charge in [-0.25, -0.2) is 4.57 Å². The van der Waals surface area contributed by atoms with Crippen LogP contribution >= 0.6 is 7.82 Å². The predicted molar refractivity (Wildman–Crippen MR) is 69.2 cm³/mol. The van der Waals surface area contributed by atoms with Gasteiger partial charge in [-0.05, 0) is 12.1 Å². The SMILES string of the molecule is C[N+](C)(C)CCOP(=O)(O)Oc1ccccc1.N#N. The Morgan fingerprint density at radius 3 is 2.21 bits per heavy atom. The number of rotatable bonds is 6. The molecule has 0 aromatic heterocycles. The Balaban J connectivity index is 0.00000154. The Morgan fingerprint density at radius 2 is 1.74 bits per heavy atom. The fourth-order valence-electron chi connectivity index (χ4n) is 1.07. The molecule has 106 valence electrons. The van der Waals surface area contributed by atoms with Crippen LogP contribution in [0.4, 0.5) is 0 Å². The Kier molecular flexibility index (Phi) is 7.27. The lowest BCUT2D eigenvalue weighted by atomic mass is 10.3. The lowest BCUT2D eigenvalue weighted by Gasteiger charge is -2.24. The number of benzene rings is 1. The summed E-state index contributed by atoms with van der Waals surface area (Å²) in [5.74, 6) is 0.323. The van der Waals surface area contributed by atoms with Crippen molar-refractivity contribution in [3.63, 3.8) is 0 Å². The van der Waals surface area contributed by atoms with Crippen LogP contribution in [0.15, 0.2) is 30.3 Å². The fourth-order valence-corrected chi connectivity index (χ4v) is 1.82. The highest BCUT2D eigenvalue weighted by molar-refractivity contribution is 7.47. The number of nitrogens with zero attached hydrogens (tertiary/aromatic N) is 3. The largest absolute Gasteiger partial charge is 0.527 e. The van der Waals surface area contributed by atoms with E-state index in [0.717, 1.165) is 0 Å². The molecule has 1 unspecified atom stereocenters. The van der Waals surface area contributed by atoms with E-state index < -0.39 is 7.82 Å². The molecule has 0 aliphatic rings. The molecule has 0 fully saturated rings. The molecule has 0 aliphatic heterocycles. The van der Waals surface area contributed by atoms with E-state index in [1.807, 2.05) is 21.1 Å². The minimum Gasteiger partial charge on any atom is -0.404 e. The Labute approximate surface area is 113 Å². The molecule has 0 spiro atoms. The number of phosphoric ester groups is 1. The van der Waals surface area contributed by atoms with Gasteiger partial charge in [0.2, 0.25) is 0 Å². The quantitative estimate of drug-likeness (QED) is 0.487. The number of phosphoric acid groups is 1. The molecule has 1 atom stereocenters. The topological polar surface area (TPSA) is 103 Å². The summed E-state index contributed by atoms with van der Waals surface area (Å²) in [6, 6.07) is 8.45. The van der Waals surface area contributed by atoms with Crippen molar-refractivity contribution in [2.75, 3.05) is 34.3 Å². The summed E-state index contributed by atoms with van der Waals surface area (Å²) >= 11 is 0. The summed E-state index contributed by atoms with van der Waals surface area (Å²) in [6.45, 7) is 0.798. The molecule has 0 aliphatic carbocycles. The maximum atomic E-state index is 11.6. The number of hydrogen-bond acceptors (Lipinski definition) is 5. The fraction of sp³-hybridized carbons (Fsp3) is 0.455. The van der Waals surface area contributed by atoms with Gasteiger partial charge in [-0.3, -0.25) is 9.42 Å². The van der Waals surface area contributed by atoms with E-state index in [1.54, 1.807) is 30.3 Å².